The van der Waals surface area contributed by atoms with Crippen LogP contribution in [-0.4, -0.2) is 63.6 Å². The normalized spacial score (nSPS) is 25.2. The smallest absolute Gasteiger partial charge is 0.243 e. The molecule has 2 heterocycles. The average molecular weight is 310 g/mol. The van der Waals surface area contributed by atoms with Gasteiger partial charge >= 0.3 is 0 Å². The van der Waals surface area contributed by atoms with E-state index in [1.54, 1.807) is 28.6 Å². The number of hydrogen-bond donors (Lipinski definition) is 0. The van der Waals surface area contributed by atoms with E-state index in [1.165, 1.54) is 0 Å². The van der Waals surface area contributed by atoms with E-state index >= 15 is 0 Å². The monoisotopic (exact) mass is 310 g/mol. The topological polar surface area (TPSA) is 49.9 Å². The van der Waals surface area contributed by atoms with E-state index < -0.39 is 10.0 Å². The molecule has 5 nitrogen and oxygen atoms in total. The molecule has 0 bridgehead atoms. The Balaban J connectivity index is 1.58. The van der Waals surface area contributed by atoms with Gasteiger partial charge in [-0.05, 0) is 24.5 Å². The molecule has 1 atom stereocenters. The third-order valence-electron chi connectivity index (χ3n) is 4.25. The van der Waals surface area contributed by atoms with Crippen molar-refractivity contribution < 1.29 is 13.2 Å². The molecule has 0 amide bonds. The third kappa shape index (κ3) is 3.45. The fraction of sp³-hybridized carbons (Fsp3) is 0.600. The molecule has 0 saturated carbocycles. The van der Waals surface area contributed by atoms with Gasteiger partial charge in [-0.15, -0.1) is 0 Å². The molecule has 2 fully saturated rings. The Morgan fingerprint density at radius 1 is 1.10 bits per heavy atom. The highest BCUT2D eigenvalue weighted by molar-refractivity contribution is 7.89. The number of sulfonamides is 1. The van der Waals surface area contributed by atoms with E-state index in [0.29, 0.717) is 23.9 Å². The number of piperazine rings is 1. The summed E-state index contributed by atoms with van der Waals surface area (Å²) in [6.07, 6.45) is 1.13. The molecule has 0 aliphatic carbocycles. The zero-order valence-electron chi connectivity index (χ0n) is 12.1. The minimum absolute atomic E-state index is 0.391. The van der Waals surface area contributed by atoms with Gasteiger partial charge in [-0.3, -0.25) is 0 Å². The van der Waals surface area contributed by atoms with Gasteiger partial charge in [0.2, 0.25) is 10.0 Å². The van der Waals surface area contributed by atoms with Gasteiger partial charge in [0.05, 0.1) is 11.5 Å². The predicted octanol–water partition coefficient (Wildman–Crippen LogP) is 1.03. The van der Waals surface area contributed by atoms with Crippen molar-refractivity contribution in [2.75, 3.05) is 45.9 Å². The second-order valence-electron chi connectivity index (χ2n) is 5.75. The van der Waals surface area contributed by atoms with Crippen LogP contribution in [-0.2, 0) is 14.8 Å². The number of benzene rings is 1. The Hall–Kier alpha value is -0.950. The van der Waals surface area contributed by atoms with Crippen molar-refractivity contribution in [2.24, 2.45) is 5.92 Å². The quantitative estimate of drug-likeness (QED) is 0.833. The van der Waals surface area contributed by atoms with Gasteiger partial charge in [-0.25, -0.2) is 8.42 Å². The zero-order chi connectivity index (χ0) is 14.7. The number of rotatable bonds is 4. The van der Waals surface area contributed by atoms with Crippen LogP contribution in [0.1, 0.15) is 6.42 Å². The first-order valence-electron chi connectivity index (χ1n) is 7.51. The van der Waals surface area contributed by atoms with Crippen molar-refractivity contribution in [3.8, 4) is 0 Å². The summed E-state index contributed by atoms with van der Waals surface area (Å²) in [7, 11) is -3.33. The van der Waals surface area contributed by atoms with Crippen molar-refractivity contribution >= 4 is 10.0 Å². The number of hydrogen-bond acceptors (Lipinski definition) is 4. The molecular weight excluding hydrogens is 288 g/mol. The van der Waals surface area contributed by atoms with E-state index in [2.05, 4.69) is 4.90 Å². The standard InChI is InChI=1S/C15H22N2O3S/c18-21(19,15-4-2-1-3-5-15)17-9-7-16(8-10-17)12-14-6-11-20-13-14/h1-5,14H,6-13H2. The lowest BCUT2D eigenvalue weighted by Crippen LogP contribution is -2.49. The minimum Gasteiger partial charge on any atom is -0.381 e. The lowest BCUT2D eigenvalue weighted by atomic mass is 10.1. The molecule has 2 aliphatic heterocycles. The minimum atomic E-state index is -3.33. The van der Waals surface area contributed by atoms with Crippen molar-refractivity contribution in [1.29, 1.82) is 0 Å². The predicted molar refractivity (Wildman–Crippen MR) is 80.6 cm³/mol. The second-order valence-corrected chi connectivity index (χ2v) is 7.69. The molecule has 21 heavy (non-hydrogen) atoms. The van der Waals surface area contributed by atoms with Crippen LogP contribution in [0.2, 0.25) is 0 Å². The SMILES string of the molecule is O=S(=O)(c1ccccc1)N1CCN(CC2CCOC2)CC1. The summed E-state index contributed by atoms with van der Waals surface area (Å²) in [6, 6.07) is 8.70. The van der Waals surface area contributed by atoms with Crippen LogP contribution in [0.5, 0.6) is 0 Å². The lowest BCUT2D eigenvalue weighted by Gasteiger charge is -2.35. The molecule has 0 N–H and O–H groups in total. The summed E-state index contributed by atoms with van der Waals surface area (Å²) >= 11 is 0. The van der Waals surface area contributed by atoms with Crippen LogP contribution in [0.25, 0.3) is 0 Å². The molecule has 1 aromatic rings. The maximum atomic E-state index is 12.5. The molecule has 0 spiro atoms. The summed E-state index contributed by atoms with van der Waals surface area (Å²) in [5, 5.41) is 0. The van der Waals surface area contributed by atoms with Crippen molar-refractivity contribution in [3.05, 3.63) is 30.3 Å². The third-order valence-corrected chi connectivity index (χ3v) is 6.17. The van der Waals surface area contributed by atoms with E-state index in [1.807, 2.05) is 6.07 Å². The zero-order valence-corrected chi connectivity index (χ0v) is 13.0. The molecule has 116 valence electrons. The van der Waals surface area contributed by atoms with Crippen LogP contribution in [0.3, 0.4) is 0 Å². The van der Waals surface area contributed by atoms with Gasteiger partial charge in [-0.2, -0.15) is 4.31 Å². The van der Waals surface area contributed by atoms with Gasteiger partial charge in [0.1, 0.15) is 0 Å². The Kier molecular flexibility index (Phi) is 4.59. The number of ether oxygens (including phenoxy) is 1. The lowest BCUT2D eigenvalue weighted by molar-refractivity contribution is 0.143. The fourth-order valence-electron chi connectivity index (χ4n) is 2.99. The highest BCUT2D eigenvalue weighted by Crippen LogP contribution is 2.19. The molecular formula is C15H22N2O3S. The fourth-order valence-corrected chi connectivity index (χ4v) is 4.43. The first-order valence-corrected chi connectivity index (χ1v) is 8.95. The summed E-state index contributed by atoms with van der Waals surface area (Å²) in [4.78, 5) is 2.75. The first-order chi connectivity index (χ1) is 10.2. The summed E-state index contributed by atoms with van der Waals surface area (Å²) in [5.41, 5.74) is 0. The Morgan fingerprint density at radius 3 is 2.43 bits per heavy atom. The average Bonchev–Trinajstić information content (AvgIpc) is 3.02. The molecule has 0 aromatic heterocycles. The molecule has 1 aromatic carbocycles. The molecule has 2 saturated heterocycles. The molecule has 0 radical (unpaired) electrons. The van der Waals surface area contributed by atoms with Crippen LogP contribution in [0, 0.1) is 5.92 Å². The summed E-state index contributed by atoms with van der Waals surface area (Å²) < 4.78 is 32.1. The second kappa shape index (κ2) is 6.44. The van der Waals surface area contributed by atoms with E-state index in [-0.39, 0.29) is 0 Å². The van der Waals surface area contributed by atoms with Crippen molar-refractivity contribution in [1.82, 2.24) is 9.21 Å². The van der Waals surface area contributed by atoms with Gasteiger partial charge in [0.15, 0.2) is 0 Å². The maximum Gasteiger partial charge on any atom is 0.243 e. The molecule has 2 aliphatic rings. The van der Waals surface area contributed by atoms with Gasteiger partial charge < -0.3 is 9.64 Å². The van der Waals surface area contributed by atoms with Crippen LogP contribution in [0.15, 0.2) is 35.2 Å². The maximum absolute atomic E-state index is 12.5. The van der Waals surface area contributed by atoms with Crippen molar-refractivity contribution in [2.45, 2.75) is 11.3 Å². The summed E-state index contributed by atoms with van der Waals surface area (Å²) in [6.45, 7) is 5.51. The van der Waals surface area contributed by atoms with Crippen LogP contribution < -0.4 is 0 Å². The molecule has 3 rings (SSSR count). The Morgan fingerprint density at radius 2 is 1.81 bits per heavy atom. The summed E-state index contributed by atoms with van der Waals surface area (Å²) in [5.74, 6) is 0.613. The van der Waals surface area contributed by atoms with Gasteiger partial charge in [-0.1, -0.05) is 18.2 Å². The highest BCUT2D eigenvalue weighted by Gasteiger charge is 2.29. The van der Waals surface area contributed by atoms with Crippen LogP contribution in [0.4, 0.5) is 0 Å². The molecule has 6 heteroatoms. The molecule has 1 unspecified atom stereocenters. The Bertz CT molecular complexity index is 548. The largest absolute Gasteiger partial charge is 0.381 e. The van der Waals surface area contributed by atoms with E-state index in [0.717, 1.165) is 39.3 Å². The van der Waals surface area contributed by atoms with Gasteiger partial charge in [0, 0.05) is 39.3 Å². The van der Waals surface area contributed by atoms with Crippen LogP contribution >= 0.6 is 0 Å². The van der Waals surface area contributed by atoms with Crippen molar-refractivity contribution in [3.63, 3.8) is 0 Å². The van der Waals surface area contributed by atoms with E-state index in [9.17, 15) is 8.42 Å². The van der Waals surface area contributed by atoms with E-state index in [4.69, 9.17) is 4.74 Å². The Labute approximate surface area is 126 Å². The highest BCUT2D eigenvalue weighted by atomic mass is 32.2. The first kappa shape index (κ1) is 15.0. The van der Waals surface area contributed by atoms with Gasteiger partial charge in [0.25, 0.3) is 0 Å². The number of nitrogens with zero attached hydrogens (tertiary/aromatic N) is 2.